The Labute approximate surface area is 117 Å². The number of fused-ring (bicyclic) bond motifs is 1. The summed E-state index contributed by atoms with van der Waals surface area (Å²) in [6.07, 6.45) is 1.27. The Balaban J connectivity index is 2.16. The van der Waals surface area contributed by atoms with Gasteiger partial charge in [-0.2, -0.15) is 0 Å². The Hall–Kier alpha value is -1.94. The summed E-state index contributed by atoms with van der Waals surface area (Å²) < 4.78 is 0. The van der Waals surface area contributed by atoms with Crippen LogP contribution >= 0.6 is 0 Å². The second kappa shape index (κ2) is 5.59. The van der Waals surface area contributed by atoms with Gasteiger partial charge >= 0.3 is 0 Å². The van der Waals surface area contributed by atoms with E-state index in [1.165, 1.54) is 0 Å². The standard InChI is InChI=1S/C17H16O3/c18-11-13-10-16(20-19)14-8-4-5-9-15(14)17(13)12-6-2-1-3-7-12/h1-10,16-19H,11H2/t16-,17+/m1/s1. The quantitative estimate of drug-likeness (QED) is 0.510. The van der Waals surface area contributed by atoms with Crippen LogP contribution in [0.25, 0.3) is 0 Å². The lowest BCUT2D eigenvalue weighted by Crippen LogP contribution is -2.18. The Morgan fingerprint density at radius 1 is 0.900 bits per heavy atom. The van der Waals surface area contributed by atoms with Gasteiger partial charge in [-0.1, -0.05) is 54.6 Å². The van der Waals surface area contributed by atoms with E-state index in [1.807, 2.05) is 54.6 Å². The molecule has 0 bridgehead atoms. The van der Waals surface area contributed by atoms with E-state index in [2.05, 4.69) is 4.89 Å². The Morgan fingerprint density at radius 3 is 2.20 bits per heavy atom. The number of aliphatic hydroxyl groups excluding tert-OH is 1. The lowest BCUT2D eigenvalue weighted by atomic mass is 9.77. The highest BCUT2D eigenvalue weighted by Crippen LogP contribution is 2.41. The highest BCUT2D eigenvalue weighted by molar-refractivity contribution is 5.50. The van der Waals surface area contributed by atoms with Gasteiger partial charge in [0, 0.05) is 5.92 Å². The van der Waals surface area contributed by atoms with Gasteiger partial charge in [-0.15, -0.1) is 0 Å². The average molecular weight is 268 g/mol. The van der Waals surface area contributed by atoms with Gasteiger partial charge in [-0.05, 0) is 28.3 Å². The zero-order valence-electron chi connectivity index (χ0n) is 10.9. The largest absolute Gasteiger partial charge is 0.392 e. The van der Waals surface area contributed by atoms with Gasteiger partial charge in [0.05, 0.1) is 6.61 Å². The Bertz CT molecular complexity index is 619. The zero-order chi connectivity index (χ0) is 13.9. The topological polar surface area (TPSA) is 49.7 Å². The highest BCUT2D eigenvalue weighted by Gasteiger charge is 2.29. The molecule has 0 amide bonds. The van der Waals surface area contributed by atoms with Crippen molar-refractivity contribution in [2.45, 2.75) is 12.0 Å². The summed E-state index contributed by atoms with van der Waals surface area (Å²) in [5, 5.41) is 18.7. The van der Waals surface area contributed by atoms with Gasteiger partial charge in [0.15, 0.2) is 0 Å². The summed E-state index contributed by atoms with van der Waals surface area (Å²) in [7, 11) is 0. The molecule has 0 spiro atoms. The van der Waals surface area contributed by atoms with Gasteiger partial charge in [-0.3, -0.25) is 5.26 Å². The van der Waals surface area contributed by atoms with Crippen LogP contribution in [0.5, 0.6) is 0 Å². The molecule has 2 aromatic carbocycles. The second-order valence-corrected chi connectivity index (χ2v) is 4.90. The minimum Gasteiger partial charge on any atom is -0.392 e. The van der Waals surface area contributed by atoms with E-state index in [0.29, 0.717) is 0 Å². The fourth-order valence-corrected chi connectivity index (χ4v) is 2.88. The summed E-state index contributed by atoms with van der Waals surface area (Å²) in [6, 6.07) is 17.9. The molecule has 0 aliphatic heterocycles. The zero-order valence-corrected chi connectivity index (χ0v) is 10.9. The summed E-state index contributed by atoms with van der Waals surface area (Å²) in [5.41, 5.74) is 3.95. The van der Waals surface area contributed by atoms with Crippen molar-refractivity contribution in [1.29, 1.82) is 0 Å². The molecule has 102 valence electrons. The molecule has 1 aliphatic carbocycles. The lowest BCUT2D eigenvalue weighted by Gasteiger charge is -2.30. The summed E-state index contributed by atoms with van der Waals surface area (Å²) in [6.45, 7) is -0.0618. The number of rotatable bonds is 3. The normalized spacial score (nSPS) is 21.2. The van der Waals surface area contributed by atoms with Crippen molar-refractivity contribution in [2.75, 3.05) is 6.61 Å². The molecule has 3 nitrogen and oxygen atoms in total. The van der Waals surface area contributed by atoms with Crippen LogP contribution in [0.2, 0.25) is 0 Å². The molecule has 0 heterocycles. The first-order valence-electron chi connectivity index (χ1n) is 6.60. The van der Waals surface area contributed by atoms with Crippen LogP contribution in [0.15, 0.2) is 66.2 Å². The van der Waals surface area contributed by atoms with E-state index in [-0.39, 0.29) is 12.5 Å². The first-order chi connectivity index (χ1) is 9.85. The van der Waals surface area contributed by atoms with Crippen LogP contribution < -0.4 is 0 Å². The van der Waals surface area contributed by atoms with Gasteiger partial charge in [-0.25, -0.2) is 4.89 Å². The van der Waals surface area contributed by atoms with E-state index in [1.54, 1.807) is 6.08 Å². The first-order valence-corrected chi connectivity index (χ1v) is 6.60. The van der Waals surface area contributed by atoms with Crippen LogP contribution in [0.3, 0.4) is 0 Å². The van der Waals surface area contributed by atoms with E-state index in [4.69, 9.17) is 5.26 Å². The molecule has 20 heavy (non-hydrogen) atoms. The van der Waals surface area contributed by atoms with E-state index in [0.717, 1.165) is 22.3 Å². The third kappa shape index (κ3) is 2.16. The molecule has 0 saturated carbocycles. The highest BCUT2D eigenvalue weighted by atomic mass is 17.1. The SMILES string of the molecule is OCC1=C[C@@H](OO)c2ccccc2[C@H]1c1ccccc1. The van der Waals surface area contributed by atoms with Crippen LogP contribution in [0, 0.1) is 0 Å². The molecule has 0 fully saturated rings. The van der Waals surface area contributed by atoms with Crippen molar-refractivity contribution in [3.05, 3.63) is 82.9 Å². The van der Waals surface area contributed by atoms with Crippen LogP contribution in [0.4, 0.5) is 0 Å². The van der Waals surface area contributed by atoms with E-state index < -0.39 is 6.10 Å². The molecule has 0 radical (unpaired) electrons. The van der Waals surface area contributed by atoms with E-state index >= 15 is 0 Å². The maximum absolute atomic E-state index is 9.66. The predicted molar refractivity (Wildman–Crippen MR) is 76.4 cm³/mol. The molecule has 1 aliphatic rings. The fraction of sp³-hybridized carbons (Fsp3) is 0.176. The van der Waals surface area contributed by atoms with Gasteiger partial charge in [0.2, 0.25) is 0 Å². The molecule has 0 unspecified atom stereocenters. The number of hydrogen-bond donors (Lipinski definition) is 2. The van der Waals surface area contributed by atoms with Crippen molar-refractivity contribution < 1.29 is 15.3 Å². The second-order valence-electron chi connectivity index (χ2n) is 4.90. The van der Waals surface area contributed by atoms with Crippen molar-refractivity contribution in [3.8, 4) is 0 Å². The Kier molecular flexibility index (Phi) is 3.65. The molecule has 2 atom stereocenters. The number of aliphatic hydroxyl groups is 1. The summed E-state index contributed by atoms with van der Waals surface area (Å²) in [4.78, 5) is 4.55. The molecular formula is C17H16O3. The molecule has 2 aromatic rings. The minimum absolute atomic E-state index is 0.00352. The van der Waals surface area contributed by atoms with Crippen LogP contribution in [0.1, 0.15) is 28.7 Å². The third-order valence-corrected chi connectivity index (χ3v) is 3.78. The molecule has 3 heteroatoms. The number of benzene rings is 2. The van der Waals surface area contributed by atoms with Crippen molar-refractivity contribution in [3.63, 3.8) is 0 Å². The van der Waals surface area contributed by atoms with E-state index in [9.17, 15) is 5.11 Å². The first kappa shape index (κ1) is 13.1. The molecule has 2 N–H and O–H groups in total. The third-order valence-electron chi connectivity index (χ3n) is 3.78. The van der Waals surface area contributed by atoms with Crippen molar-refractivity contribution in [2.24, 2.45) is 0 Å². The molecule has 0 aromatic heterocycles. The summed E-state index contributed by atoms with van der Waals surface area (Å²) in [5.74, 6) is 0.00352. The lowest BCUT2D eigenvalue weighted by molar-refractivity contribution is -0.269. The Morgan fingerprint density at radius 2 is 1.55 bits per heavy atom. The van der Waals surface area contributed by atoms with Crippen LogP contribution in [-0.4, -0.2) is 17.0 Å². The van der Waals surface area contributed by atoms with Crippen molar-refractivity contribution >= 4 is 0 Å². The molecule has 3 rings (SSSR count). The smallest absolute Gasteiger partial charge is 0.137 e. The summed E-state index contributed by atoms with van der Waals surface area (Å²) >= 11 is 0. The number of hydrogen-bond acceptors (Lipinski definition) is 3. The van der Waals surface area contributed by atoms with Crippen LogP contribution in [-0.2, 0) is 4.89 Å². The fourth-order valence-electron chi connectivity index (χ4n) is 2.88. The monoisotopic (exact) mass is 268 g/mol. The maximum atomic E-state index is 9.66. The maximum Gasteiger partial charge on any atom is 0.137 e. The van der Waals surface area contributed by atoms with Gasteiger partial charge in [0.25, 0.3) is 0 Å². The molecular weight excluding hydrogens is 252 g/mol. The average Bonchev–Trinajstić information content (AvgIpc) is 2.54. The predicted octanol–water partition coefficient (Wildman–Crippen LogP) is 3.28. The molecule has 0 saturated heterocycles. The van der Waals surface area contributed by atoms with Gasteiger partial charge < -0.3 is 5.11 Å². The van der Waals surface area contributed by atoms with Crippen molar-refractivity contribution in [1.82, 2.24) is 0 Å². The van der Waals surface area contributed by atoms with Gasteiger partial charge in [0.1, 0.15) is 6.10 Å². The minimum atomic E-state index is -0.520.